The molecule has 0 aliphatic heterocycles. The maximum atomic E-state index is 11.6. The van der Waals surface area contributed by atoms with Gasteiger partial charge in [0.2, 0.25) is 0 Å². The highest BCUT2D eigenvalue weighted by molar-refractivity contribution is 5.94. The number of nitrogens with zero attached hydrogens (tertiary/aromatic N) is 1. The molecule has 20 heavy (non-hydrogen) atoms. The van der Waals surface area contributed by atoms with E-state index in [1.54, 1.807) is 13.2 Å². The smallest absolute Gasteiger partial charge is 0.251 e. The van der Waals surface area contributed by atoms with Gasteiger partial charge in [0.05, 0.1) is 11.7 Å². The number of anilines is 1. The fourth-order valence-electron chi connectivity index (χ4n) is 2.05. The van der Waals surface area contributed by atoms with Crippen LogP contribution < -0.4 is 10.6 Å². The van der Waals surface area contributed by atoms with Gasteiger partial charge in [-0.25, -0.2) is 0 Å². The number of benzene rings is 1. The van der Waals surface area contributed by atoms with E-state index in [1.807, 2.05) is 43.3 Å². The standard InChI is InChI=1S/C16H19N3O/c1-11-10-13(16(20)17-3)7-8-14(11)19-12(2)15-6-4-5-9-18-15/h4-10,12,19H,1-3H3,(H,17,20). The van der Waals surface area contributed by atoms with E-state index in [1.165, 1.54) is 0 Å². The van der Waals surface area contributed by atoms with Gasteiger partial charge in [-0.1, -0.05) is 6.07 Å². The highest BCUT2D eigenvalue weighted by Crippen LogP contribution is 2.22. The zero-order valence-corrected chi connectivity index (χ0v) is 12.0. The van der Waals surface area contributed by atoms with Gasteiger partial charge >= 0.3 is 0 Å². The quantitative estimate of drug-likeness (QED) is 0.897. The van der Waals surface area contributed by atoms with Crippen LogP contribution in [0.25, 0.3) is 0 Å². The van der Waals surface area contributed by atoms with E-state index in [2.05, 4.69) is 22.5 Å². The summed E-state index contributed by atoms with van der Waals surface area (Å²) >= 11 is 0. The molecule has 4 heteroatoms. The van der Waals surface area contributed by atoms with Crippen molar-refractivity contribution >= 4 is 11.6 Å². The third-order valence-corrected chi connectivity index (χ3v) is 3.22. The number of carbonyl (C=O) groups is 1. The molecule has 1 aromatic carbocycles. The summed E-state index contributed by atoms with van der Waals surface area (Å²) in [6.45, 7) is 4.05. The Bertz CT molecular complexity index is 596. The number of rotatable bonds is 4. The Morgan fingerprint density at radius 2 is 2.05 bits per heavy atom. The number of amides is 1. The minimum Gasteiger partial charge on any atom is -0.377 e. The SMILES string of the molecule is CNC(=O)c1ccc(NC(C)c2ccccn2)c(C)c1. The highest BCUT2D eigenvalue weighted by Gasteiger charge is 2.09. The predicted molar refractivity (Wildman–Crippen MR) is 80.8 cm³/mol. The van der Waals surface area contributed by atoms with Crippen molar-refractivity contribution in [2.24, 2.45) is 0 Å². The van der Waals surface area contributed by atoms with Crippen LogP contribution in [-0.2, 0) is 0 Å². The first-order chi connectivity index (χ1) is 9.61. The minimum absolute atomic E-state index is 0.0718. The predicted octanol–water partition coefficient (Wildman–Crippen LogP) is 2.92. The second-order valence-electron chi connectivity index (χ2n) is 4.73. The number of pyridine rings is 1. The van der Waals surface area contributed by atoms with Gasteiger partial charge in [-0.15, -0.1) is 0 Å². The van der Waals surface area contributed by atoms with Gasteiger partial charge in [0.25, 0.3) is 5.91 Å². The van der Waals surface area contributed by atoms with Crippen LogP contribution in [-0.4, -0.2) is 17.9 Å². The van der Waals surface area contributed by atoms with Crippen molar-refractivity contribution in [2.45, 2.75) is 19.9 Å². The van der Waals surface area contributed by atoms with Gasteiger partial charge in [-0.05, 0) is 49.7 Å². The van der Waals surface area contributed by atoms with Crippen molar-refractivity contribution in [2.75, 3.05) is 12.4 Å². The highest BCUT2D eigenvalue weighted by atomic mass is 16.1. The molecule has 0 saturated carbocycles. The lowest BCUT2D eigenvalue weighted by molar-refractivity contribution is 0.0963. The molecule has 2 rings (SSSR count). The van der Waals surface area contributed by atoms with Crippen LogP contribution in [0.4, 0.5) is 5.69 Å². The fraction of sp³-hybridized carbons (Fsp3) is 0.250. The number of aryl methyl sites for hydroxylation is 1. The number of hydrogen-bond donors (Lipinski definition) is 2. The number of nitrogens with one attached hydrogen (secondary N) is 2. The first-order valence-corrected chi connectivity index (χ1v) is 6.62. The van der Waals surface area contributed by atoms with Gasteiger partial charge in [-0.3, -0.25) is 9.78 Å². The van der Waals surface area contributed by atoms with Crippen LogP contribution in [0.5, 0.6) is 0 Å². The van der Waals surface area contributed by atoms with Crippen LogP contribution in [0.1, 0.15) is 34.6 Å². The molecule has 1 atom stereocenters. The zero-order chi connectivity index (χ0) is 14.5. The van der Waals surface area contributed by atoms with Gasteiger partial charge in [0.15, 0.2) is 0 Å². The van der Waals surface area contributed by atoms with E-state index >= 15 is 0 Å². The van der Waals surface area contributed by atoms with Crippen molar-refractivity contribution in [1.82, 2.24) is 10.3 Å². The summed E-state index contributed by atoms with van der Waals surface area (Å²) in [5, 5.41) is 6.04. The van der Waals surface area contributed by atoms with E-state index < -0.39 is 0 Å². The first-order valence-electron chi connectivity index (χ1n) is 6.62. The van der Waals surface area contributed by atoms with Crippen LogP contribution in [0.15, 0.2) is 42.6 Å². The van der Waals surface area contributed by atoms with Crippen LogP contribution in [0.3, 0.4) is 0 Å². The van der Waals surface area contributed by atoms with Crippen molar-refractivity contribution in [3.8, 4) is 0 Å². The van der Waals surface area contributed by atoms with Crippen molar-refractivity contribution in [3.05, 3.63) is 59.4 Å². The number of hydrogen-bond acceptors (Lipinski definition) is 3. The summed E-state index contributed by atoms with van der Waals surface area (Å²) in [6.07, 6.45) is 1.79. The average molecular weight is 269 g/mol. The molecule has 0 fully saturated rings. The van der Waals surface area contributed by atoms with Crippen molar-refractivity contribution in [3.63, 3.8) is 0 Å². The minimum atomic E-state index is -0.0718. The summed E-state index contributed by atoms with van der Waals surface area (Å²) in [4.78, 5) is 15.9. The van der Waals surface area contributed by atoms with E-state index in [9.17, 15) is 4.79 Å². The molecule has 0 saturated heterocycles. The molecular formula is C16H19N3O. The molecule has 4 nitrogen and oxygen atoms in total. The van der Waals surface area contributed by atoms with Crippen LogP contribution in [0, 0.1) is 6.92 Å². The lowest BCUT2D eigenvalue weighted by atomic mass is 10.1. The Hall–Kier alpha value is -2.36. The van der Waals surface area contributed by atoms with Gasteiger partial charge in [0.1, 0.15) is 0 Å². The monoisotopic (exact) mass is 269 g/mol. The van der Waals surface area contributed by atoms with Crippen molar-refractivity contribution in [1.29, 1.82) is 0 Å². The Morgan fingerprint density at radius 3 is 2.65 bits per heavy atom. The van der Waals surface area contributed by atoms with E-state index in [0.717, 1.165) is 16.9 Å². The average Bonchev–Trinajstić information content (AvgIpc) is 2.49. The Labute approximate surface area is 119 Å². The van der Waals surface area contributed by atoms with Crippen LogP contribution in [0.2, 0.25) is 0 Å². The lowest BCUT2D eigenvalue weighted by Gasteiger charge is -2.17. The van der Waals surface area contributed by atoms with E-state index in [4.69, 9.17) is 0 Å². The second kappa shape index (κ2) is 6.19. The molecule has 1 heterocycles. The third-order valence-electron chi connectivity index (χ3n) is 3.22. The molecular weight excluding hydrogens is 250 g/mol. The largest absolute Gasteiger partial charge is 0.377 e. The summed E-state index contributed by atoms with van der Waals surface area (Å²) in [5.74, 6) is -0.0718. The van der Waals surface area contributed by atoms with Gasteiger partial charge < -0.3 is 10.6 Å². The molecule has 1 unspecified atom stereocenters. The topological polar surface area (TPSA) is 54.0 Å². The molecule has 1 amide bonds. The Morgan fingerprint density at radius 1 is 1.25 bits per heavy atom. The van der Waals surface area contributed by atoms with Crippen LogP contribution >= 0.6 is 0 Å². The molecule has 0 aliphatic carbocycles. The lowest BCUT2D eigenvalue weighted by Crippen LogP contribution is -2.18. The Kier molecular flexibility index (Phi) is 4.35. The molecule has 0 bridgehead atoms. The van der Waals surface area contributed by atoms with E-state index in [0.29, 0.717) is 5.56 Å². The molecule has 0 spiro atoms. The Balaban J connectivity index is 2.16. The molecule has 0 aliphatic rings. The van der Waals surface area contributed by atoms with Gasteiger partial charge in [0, 0.05) is 24.5 Å². The van der Waals surface area contributed by atoms with Crippen molar-refractivity contribution < 1.29 is 4.79 Å². The fourth-order valence-corrected chi connectivity index (χ4v) is 2.05. The molecule has 2 N–H and O–H groups in total. The molecule has 2 aromatic rings. The summed E-state index contributed by atoms with van der Waals surface area (Å²) in [7, 11) is 1.63. The van der Waals surface area contributed by atoms with E-state index in [-0.39, 0.29) is 11.9 Å². The summed E-state index contributed by atoms with van der Waals surface area (Å²) in [5.41, 5.74) is 3.70. The first kappa shape index (κ1) is 14.1. The zero-order valence-electron chi connectivity index (χ0n) is 12.0. The molecule has 104 valence electrons. The summed E-state index contributed by atoms with van der Waals surface area (Å²) in [6, 6.07) is 11.6. The number of carbonyl (C=O) groups excluding carboxylic acids is 1. The molecule has 1 aromatic heterocycles. The normalized spacial score (nSPS) is 11.8. The third kappa shape index (κ3) is 3.15. The summed E-state index contributed by atoms with van der Waals surface area (Å²) < 4.78 is 0. The van der Waals surface area contributed by atoms with Gasteiger partial charge in [-0.2, -0.15) is 0 Å². The maximum absolute atomic E-state index is 11.6. The second-order valence-corrected chi connectivity index (χ2v) is 4.73. The molecule has 0 radical (unpaired) electrons. The maximum Gasteiger partial charge on any atom is 0.251 e. The number of aromatic nitrogens is 1.